The van der Waals surface area contributed by atoms with Gasteiger partial charge in [-0.15, -0.1) is 0 Å². The first kappa shape index (κ1) is 15.9. The Bertz CT molecular complexity index is 595. The molecule has 1 amide bonds. The molecule has 0 atom stereocenters. The monoisotopic (exact) mass is 320 g/mol. The van der Waals surface area contributed by atoms with Gasteiger partial charge in [-0.25, -0.2) is 4.79 Å². The summed E-state index contributed by atoms with van der Waals surface area (Å²) in [6, 6.07) is 4.17. The van der Waals surface area contributed by atoms with Crippen LogP contribution in [0.3, 0.4) is 0 Å². The zero-order chi connectivity index (χ0) is 16.4. The third kappa shape index (κ3) is 4.07. The first-order valence-corrected chi connectivity index (χ1v) is 8.01. The fourth-order valence-corrected chi connectivity index (χ4v) is 2.83. The van der Waals surface area contributed by atoms with Crippen LogP contribution >= 0.6 is 0 Å². The maximum Gasteiger partial charge on any atom is 0.407 e. The summed E-state index contributed by atoms with van der Waals surface area (Å²) in [5.74, 6) is 1.68. The molecule has 1 aromatic rings. The molecule has 3 rings (SSSR count). The molecule has 6 nitrogen and oxygen atoms in total. The van der Waals surface area contributed by atoms with Gasteiger partial charge in [0.15, 0.2) is 11.5 Å². The van der Waals surface area contributed by atoms with Gasteiger partial charge in [0.05, 0.1) is 0 Å². The van der Waals surface area contributed by atoms with Crippen LogP contribution in [0.15, 0.2) is 12.1 Å². The second kappa shape index (κ2) is 6.28. The largest absolute Gasteiger partial charge is 0.454 e. The quantitative estimate of drug-likeness (QED) is 0.926. The Morgan fingerprint density at radius 1 is 1.26 bits per heavy atom. The van der Waals surface area contributed by atoms with E-state index in [4.69, 9.17) is 14.2 Å². The Kier molecular flexibility index (Phi) is 4.35. The highest BCUT2D eigenvalue weighted by atomic mass is 16.7. The van der Waals surface area contributed by atoms with Crippen LogP contribution in [0.2, 0.25) is 0 Å². The fourth-order valence-electron chi connectivity index (χ4n) is 2.83. The molecule has 23 heavy (non-hydrogen) atoms. The summed E-state index contributed by atoms with van der Waals surface area (Å²) in [5, 5.41) is 2.80. The molecular formula is C17H24N2O4. The molecule has 0 saturated heterocycles. The number of carbonyl (C=O) groups is 1. The molecule has 0 saturated carbocycles. The Hall–Kier alpha value is -1.95. The first-order chi connectivity index (χ1) is 10.9. The second-order valence-corrected chi connectivity index (χ2v) is 6.93. The van der Waals surface area contributed by atoms with Gasteiger partial charge in [-0.1, -0.05) is 0 Å². The maximum atomic E-state index is 11.6. The van der Waals surface area contributed by atoms with E-state index < -0.39 is 5.60 Å². The van der Waals surface area contributed by atoms with E-state index in [9.17, 15) is 4.79 Å². The molecule has 0 bridgehead atoms. The van der Waals surface area contributed by atoms with Gasteiger partial charge in [-0.2, -0.15) is 0 Å². The molecule has 0 spiro atoms. The molecule has 0 aromatic heterocycles. The van der Waals surface area contributed by atoms with Gasteiger partial charge >= 0.3 is 6.09 Å². The van der Waals surface area contributed by atoms with Crippen LogP contribution in [0.25, 0.3) is 0 Å². The molecular weight excluding hydrogens is 296 g/mol. The van der Waals surface area contributed by atoms with Crippen molar-refractivity contribution in [3.8, 4) is 11.5 Å². The van der Waals surface area contributed by atoms with E-state index in [1.54, 1.807) is 0 Å². The molecule has 0 unspecified atom stereocenters. The highest BCUT2D eigenvalue weighted by Gasteiger charge is 2.22. The molecule has 1 aromatic carbocycles. The number of amides is 1. The van der Waals surface area contributed by atoms with Crippen LogP contribution in [0.5, 0.6) is 11.5 Å². The molecule has 2 aliphatic rings. The van der Waals surface area contributed by atoms with Crippen molar-refractivity contribution in [1.29, 1.82) is 0 Å². The highest BCUT2D eigenvalue weighted by molar-refractivity contribution is 5.67. The van der Waals surface area contributed by atoms with Gasteiger partial charge < -0.3 is 19.5 Å². The van der Waals surface area contributed by atoms with Crippen molar-refractivity contribution in [3.05, 3.63) is 23.3 Å². The molecule has 6 heteroatoms. The zero-order valence-electron chi connectivity index (χ0n) is 14.0. The van der Waals surface area contributed by atoms with E-state index in [-0.39, 0.29) is 6.09 Å². The summed E-state index contributed by atoms with van der Waals surface area (Å²) >= 11 is 0. The van der Waals surface area contributed by atoms with E-state index in [0.29, 0.717) is 13.3 Å². The minimum absolute atomic E-state index is 0.307. The smallest absolute Gasteiger partial charge is 0.407 e. The number of hydrogen-bond acceptors (Lipinski definition) is 5. The third-order valence-corrected chi connectivity index (χ3v) is 3.88. The average Bonchev–Trinajstić information content (AvgIpc) is 2.90. The van der Waals surface area contributed by atoms with Crippen LogP contribution in [-0.4, -0.2) is 43.0 Å². The summed E-state index contributed by atoms with van der Waals surface area (Å²) in [6.07, 6.45) is 0.622. The number of rotatable bonds is 3. The SMILES string of the molecule is CC(C)(C)OC(=O)NCCN1CCc2cc3c(cc2C1)OCO3. The summed E-state index contributed by atoms with van der Waals surface area (Å²) in [6.45, 7) is 9.10. The normalized spacial score (nSPS) is 16.8. The molecule has 2 heterocycles. The standard InChI is InChI=1S/C17H24N2O4/c1-17(2,3)23-16(20)18-5-7-19-6-4-12-8-14-15(22-11-21-14)9-13(12)10-19/h8-9H,4-7,10-11H2,1-3H3,(H,18,20). The number of fused-ring (bicyclic) bond motifs is 2. The van der Waals surface area contributed by atoms with Gasteiger partial charge in [-0.3, -0.25) is 4.90 Å². The predicted octanol–water partition coefficient (Wildman–Crippen LogP) is 2.30. The van der Waals surface area contributed by atoms with E-state index in [1.165, 1.54) is 11.1 Å². The van der Waals surface area contributed by atoms with E-state index >= 15 is 0 Å². The molecule has 2 aliphatic heterocycles. The van der Waals surface area contributed by atoms with Gasteiger partial charge in [0.2, 0.25) is 6.79 Å². The van der Waals surface area contributed by atoms with Crippen molar-refractivity contribution in [2.24, 2.45) is 0 Å². The lowest BCUT2D eigenvalue weighted by molar-refractivity contribution is 0.0521. The number of hydrogen-bond donors (Lipinski definition) is 1. The Morgan fingerprint density at radius 3 is 2.65 bits per heavy atom. The Balaban J connectivity index is 1.49. The lowest BCUT2D eigenvalue weighted by atomic mass is 9.99. The van der Waals surface area contributed by atoms with Crippen molar-refractivity contribution in [2.75, 3.05) is 26.4 Å². The van der Waals surface area contributed by atoms with E-state index in [0.717, 1.165) is 37.6 Å². The summed E-state index contributed by atoms with van der Waals surface area (Å²) in [4.78, 5) is 14.0. The summed E-state index contributed by atoms with van der Waals surface area (Å²) in [5.41, 5.74) is 2.14. The molecule has 0 radical (unpaired) electrons. The lowest BCUT2D eigenvalue weighted by Gasteiger charge is -2.29. The fraction of sp³-hybridized carbons (Fsp3) is 0.588. The average molecular weight is 320 g/mol. The number of carbonyl (C=O) groups excluding carboxylic acids is 1. The number of benzene rings is 1. The van der Waals surface area contributed by atoms with Crippen LogP contribution in [0.1, 0.15) is 31.9 Å². The van der Waals surface area contributed by atoms with Crippen LogP contribution in [-0.2, 0) is 17.7 Å². The van der Waals surface area contributed by atoms with Crippen molar-refractivity contribution in [3.63, 3.8) is 0 Å². The number of alkyl carbamates (subject to hydrolysis) is 1. The topological polar surface area (TPSA) is 60.0 Å². The number of ether oxygens (including phenoxy) is 3. The van der Waals surface area contributed by atoms with Gasteiger partial charge in [0.25, 0.3) is 0 Å². The van der Waals surface area contributed by atoms with Crippen molar-refractivity contribution >= 4 is 6.09 Å². The van der Waals surface area contributed by atoms with E-state index in [1.807, 2.05) is 20.8 Å². The summed E-state index contributed by atoms with van der Waals surface area (Å²) in [7, 11) is 0. The van der Waals surface area contributed by atoms with Crippen LogP contribution in [0, 0.1) is 0 Å². The van der Waals surface area contributed by atoms with Gasteiger partial charge in [-0.05, 0) is 50.5 Å². The van der Waals surface area contributed by atoms with Crippen molar-refractivity contribution in [2.45, 2.75) is 39.3 Å². The minimum Gasteiger partial charge on any atom is -0.454 e. The van der Waals surface area contributed by atoms with Crippen LogP contribution < -0.4 is 14.8 Å². The highest BCUT2D eigenvalue weighted by Crippen LogP contribution is 2.36. The maximum absolute atomic E-state index is 11.6. The predicted molar refractivity (Wildman–Crippen MR) is 85.8 cm³/mol. The third-order valence-electron chi connectivity index (χ3n) is 3.88. The molecule has 126 valence electrons. The van der Waals surface area contributed by atoms with Crippen molar-refractivity contribution < 1.29 is 19.0 Å². The molecule has 1 N–H and O–H groups in total. The van der Waals surface area contributed by atoms with Gasteiger partial charge in [0, 0.05) is 26.2 Å². The zero-order valence-corrected chi connectivity index (χ0v) is 14.0. The summed E-state index contributed by atoms with van der Waals surface area (Å²) < 4.78 is 16.1. The Morgan fingerprint density at radius 2 is 1.96 bits per heavy atom. The second-order valence-electron chi connectivity index (χ2n) is 6.93. The lowest BCUT2D eigenvalue weighted by Crippen LogP contribution is -2.39. The van der Waals surface area contributed by atoms with Gasteiger partial charge in [0.1, 0.15) is 5.60 Å². The van der Waals surface area contributed by atoms with Crippen molar-refractivity contribution in [1.82, 2.24) is 10.2 Å². The van der Waals surface area contributed by atoms with Crippen LogP contribution in [0.4, 0.5) is 4.79 Å². The number of nitrogens with zero attached hydrogens (tertiary/aromatic N) is 1. The molecule has 0 aliphatic carbocycles. The number of nitrogens with one attached hydrogen (secondary N) is 1. The minimum atomic E-state index is -0.462. The first-order valence-electron chi connectivity index (χ1n) is 8.01. The Labute approximate surface area is 136 Å². The molecule has 0 fully saturated rings. The van der Waals surface area contributed by atoms with E-state index in [2.05, 4.69) is 22.3 Å².